The molecule has 1 aliphatic rings. The Hall–Kier alpha value is -4.61. The van der Waals surface area contributed by atoms with E-state index in [9.17, 15) is 4.79 Å². The summed E-state index contributed by atoms with van der Waals surface area (Å²) in [7, 11) is 7.50. The molecule has 0 unspecified atom stereocenters. The predicted molar refractivity (Wildman–Crippen MR) is 293 cm³/mol. The van der Waals surface area contributed by atoms with Gasteiger partial charge in [0.25, 0.3) is 0 Å². The Balaban J connectivity index is -0.0000000200. The molecule has 0 spiro atoms. The molecule has 0 aliphatic carbocycles. The maximum absolute atomic E-state index is 10.7. The van der Waals surface area contributed by atoms with Gasteiger partial charge in [-0.1, -0.05) is 104 Å². The molecule has 20 heteroatoms. The second kappa shape index (κ2) is 189. The summed E-state index contributed by atoms with van der Waals surface area (Å²) in [5.41, 5.74) is 24.0. The van der Waals surface area contributed by atoms with Gasteiger partial charge in [0.05, 0.1) is 5.60 Å². The number of nitrogens with two attached hydrogens (primary N) is 5. The van der Waals surface area contributed by atoms with E-state index in [-0.39, 0.29) is 36.1 Å². The molecular formula is C47H117N9O11. The summed E-state index contributed by atoms with van der Waals surface area (Å²) >= 11 is 0. The van der Waals surface area contributed by atoms with E-state index in [1.165, 1.54) is 53.6 Å². The fraction of sp³-hybridized carbons (Fsp3) is 0.638. The molecule has 0 aromatic heterocycles. The van der Waals surface area contributed by atoms with Gasteiger partial charge in [-0.15, -0.1) is 0 Å². The van der Waals surface area contributed by atoms with Crippen LogP contribution in [0, 0.1) is 11.8 Å². The van der Waals surface area contributed by atoms with E-state index in [0.717, 1.165) is 44.4 Å². The number of nitrogens with zero attached hydrogens (tertiary/aromatic N) is 1. The summed E-state index contributed by atoms with van der Waals surface area (Å²) in [5.74, 6) is 1.95. The number of amides is 1. The largest absolute Gasteiger partial charge is 0.394 e. The fourth-order valence-electron chi connectivity index (χ4n) is 2.07. The van der Waals surface area contributed by atoms with Crippen molar-refractivity contribution in [2.75, 3.05) is 54.9 Å². The Kier molecular flexibility index (Phi) is 370. The van der Waals surface area contributed by atoms with Crippen LogP contribution >= 0.6 is 0 Å². The smallest absolute Gasteiger partial charge is 0.219 e. The lowest BCUT2D eigenvalue weighted by atomic mass is 10.2. The van der Waals surface area contributed by atoms with Crippen LogP contribution in [0.3, 0.4) is 0 Å². The number of ether oxygens (including phenoxy) is 1. The topological polar surface area (TPSA) is 421 Å². The lowest BCUT2D eigenvalue weighted by Gasteiger charge is -2.20. The van der Waals surface area contributed by atoms with Crippen molar-refractivity contribution >= 4 is 60.2 Å². The maximum Gasteiger partial charge on any atom is 0.219 e. The zero-order valence-corrected chi connectivity index (χ0v) is 46.9. The monoisotopic (exact) mass is 984 g/mol. The van der Waals surface area contributed by atoms with Gasteiger partial charge in [0, 0.05) is 32.7 Å². The molecule has 0 fully saturated rings. The Bertz CT molecular complexity index is 756. The van der Waals surface area contributed by atoms with Crippen LogP contribution in [0.1, 0.15) is 122 Å². The highest BCUT2D eigenvalue weighted by Crippen LogP contribution is 2.04. The molecule has 20 N–H and O–H groups in total. The Morgan fingerprint density at radius 3 is 0.910 bits per heavy atom. The molecule has 0 bridgehead atoms. The number of aryl methyl sites for hydroxylation is 1. The number of benzene rings is 1. The highest BCUT2D eigenvalue weighted by atomic mass is 16.5. The molecule has 0 saturated heterocycles. The van der Waals surface area contributed by atoms with Crippen molar-refractivity contribution in [1.29, 1.82) is 0 Å². The number of hydrogen-bond donors (Lipinski definition) is 9. The minimum absolute atomic E-state index is 0. The van der Waals surface area contributed by atoms with Gasteiger partial charge in [0.2, 0.25) is 5.91 Å². The van der Waals surface area contributed by atoms with E-state index in [0.29, 0.717) is 0 Å². The zero-order chi connectivity index (χ0) is 56.6. The van der Waals surface area contributed by atoms with E-state index in [1.54, 1.807) is 20.8 Å². The van der Waals surface area contributed by atoms with Crippen LogP contribution in [0.5, 0.6) is 0 Å². The average molecular weight is 985 g/mol. The lowest BCUT2D eigenvalue weighted by molar-refractivity contribution is -0.128. The molecule has 1 aromatic carbocycles. The molecule has 20 nitrogen and oxygen atoms in total. The fourth-order valence-corrected chi connectivity index (χ4v) is 2.07. The SMILES string of the molecule is C=O.C=O.C=O.C=O.C=O.C=O.C=O.C=O.CC(=O)N1CC=CCC1.CC(C)O.CCC(C)C.CCC(C)C.CCOC(C)(C)C.CCc1ccccc1.CN.CN.CN.CN.CN.N.N.N. The third-order valence-electron chi connectivity index (χ3n) is 4.96. The number of aliphatic hydroxyl groups is 1. The van der Waals surface area contributed by atoms with Crippen LogP contribution in [0.25, 0.3) is 0 Å². The van der Waals surface area contributed by atoms with Crippen molar-refractivity contribution < 1.29 is 53.0 Å². The first kappa shape index (κ1) is 131. The Morgan fingerprint density at radius 1 is 0.582 bits per heavy atom. The van der Waals surface area contributed by atoms with Gasteiger partial charge in [-0.05, 0) is 107 Å². The number of aliphatic hydroxyl groups excluding tert-OH is 1. The van der Waals surface area contributed by atoms with Crippen LogP contribution < -0.4 is 47.1 Å². The standard InChI is InChI=1S/C8H10.C7H11NO.C6H14O.2C5H12.C3H8O.5CH5N.8CH2O.3H3N/c1-2-8-6-4-3-5-7-8;1-7(9)8-5-3-2-4-6-8;1-5-7-6(2,3)4;2*1-4-5(2)3;1-3(2)4;13*1-2;;;/h3-7H,2H2,1H3;2-3H,4-6H2,1H3;5H2,1-4H3;2*5H,4H2,1-3H3;3-4H,1-2H3;5*2H2,1H3;8*1H2;3*1H3. The van der Waals surface area contributed by atoms with Crippen molar-refractivity contribution in [3.05, 3.63) is 48.0 Å². The van der Waals surface area contributed by atoms with Gasteiger partial charge < -0.3 is 100 Å². The van der Waals surface area contributed by atoms with Gasteiger partial charge in [-0.2, -0.15) is 0 Å². The Morgan fingerprint density at radius 2 is 0.821 bits per heavy atom. The first-order valence-corrected chi connectivity index (χ1v) is 20.0. The van der Waals surface area contributed by atoms with Gasteiger partial charge in [-0.25, -0.2) is 0 Å². The molecule has 2 rings (SSSR count). The van der Waals surface area contributed by atoms with Crippen LogP contribution in [-0.2, 0) is 54.3 Å². The Labute approximate surface area is 413 Å². The number of carbonyl (C=O) groups is 9. The summed E-state index contributed by atoms with van der Waals surface area (Å²) in [6, 6.07) is 10.5. The second-order valence-electron chi connectivity index (χ2n) is 11.3. The van der Waals surface area contributed by atoms with Crippen molar-refractivity contribution in [2.45, 2.75) is 134 Å². The first-order chi connectivity index (χ1) is 30.6. The molecule has 67 heavy (non-hydrogen) atoms. The number of carbonyl (C=O) groups excluding carboxylic acids is 9. The van der Waals surface area contributed by atoms with Crippen LogP contribution in [0.15, 0.2) is 42.5 Å². The van der Waals surface area contributed by atoms with E-state index in [1.807, 2.05) is 78.3 Å². The number of hydrogen-bond acceptors (Lipinski definition) is 19. The molecule has 416 valence electrons. The van der Waals surface area contributed by atoms with Crippen LogP contribution in [-0.4, -0.2) is 137 Å². The van der Waals surface area contributed by atoms with Gasteiger partial charge >= 0.3 is 0 Å². The third kappa shape index (κ3) is 336. The van der Waals surface area contributed by atoms with Crippen molar-refractivity contribution in [3.63, 3.8) is 0 Å². The highest BCUT2D eigenvalue weighted by molar-refractivity contribution is 5.73. The minimum atomic E-state index is -0.167. The zero-order valence-electron chi connectivity index (χ0n) is 46.9. The van der Waals surface area contributed by atoms with Gasteiger partial charge in [0.1, 0.15) is 54.3 Å². The molecule has 0 atom stereocenters. The predicted octanol–water partition coefficient (Wildman–Crippen LogP) is 6.24. The quantitative estimate of drug-likeness (QED) is 0.151. The second-order valence-corrected chi connectivity index (χ2v) is 11.3. The summed E-state index contributed by atoms with van der Waals surface area (Å²) in [5, 5.41) is 8.06. The molecule has 1 aliphatic heterocycles. The summed E-state index contributed by atoms with van der Waals surface area (Å²) < 4.78 is 5.23. The summed E-state index contributed by atoms with van der Waals surface area (Å²) in [6.07, 6.45) is 8.74. The molecule has 1 heterocycles. The average Bonchev–Trinajstić information content (AvgIpc) is 3.38. The molecule has 1 amide bonds. The van der Waals surface area contributed by atoms with E-state index >= 15 is 0 Å². The number of rotatable bonds is 4. The molecule has 0 saturated carbocycles. The van der Waals surface area contributed by atoms with Crippen LogP contribution in [0.2, 0.25) is 0 Å². The van der Waals surface area contributed by atoms with Crippen molar-refractivity contribution in [1.82, 2.24) is 23.4 Å². The van der Waals surface area contributed by atoms with Gasteiger partial charge in [-0.3, -0.25) is 4.79 Å². The summed E-state index contributed by atoms with van der Waals surface area (Å²) in [4.78, 5) is 76.5. The van der Waals surface area contributed by atoms with Gasteiger partial charge in [0.15, 0.2) is 0 Å². The maximum atomic E-state index is 10.7. The minimum Gasteiger partial charge on any atom is -0.394 e. The first-order valence-electron chi connectivity index (χ1n) is 20.0. The lowest BCUT2D eigenvalue weighted by Crippen LogP contribution is -2.31. The van der Waals surface area contributed by atoms with E-state index in [2.05, 4.69) is 128 Å². The normalized spacial score (nSPS) is 7.67. The molecule has 0 radical (unpaired) electrons. The summed E-state index contributed by atoms with van der Waals surface area (Å²) in [6.45, 7) is 47.2. The van der Waals surface area contributed by atoms with Crippen molar-refractivity contribution in [2.24, 2.45) is 40.5 Å². The van der Waals surface area contributed by atoms with Crippen molar-refractivity contribution in [3.8, 4) is 0 Å². The molecular weight excluding hydrogens is 867 g/mol. The van der Waals surface area contributed by atoms with E-state index in [4.69, 9.17) is 48.2 Å². The molecule has 1 aromatic rings. The van der Waals surface area contributed by atoms with E-state index < -0.39 is 0 Å². The highest BCUT2D eigenvalue weighted by Gasteiger charge is 2.07. The third-order valence-corrected chi connectivity index (χ3v) is 4.96. The van der Waals surface area contributed by atoms with Crippen LogP contribution in [0.4, 0.5) is 0 Å².